The van der Waals surface area contributed by atoms with Gasteiger partial charge in [-0.1, -0.05) is 19.1 Å². The summed E-state index contributed by atoms with van der Waals surface area (Å²) < 4.78 is 1.95. The van der Waals surface area contributed by atoms with Gasteiger partial charge in [0.05, 0.1) is 12.7 Å². The van der Waals surface area contributed by atoms with Crippen LogP contribution in [-0.2, 0) is 10.5 Å². The second-order valence-corrected chi connectivity index (χ2v) is 5.78. The SMILES string of the molecule is CC(CC(=O)O)SCc1ccc(-n2ccnc2)cc1. The van der Waals surface area contributed by atoms with E-state index in [1.807, 2.05) is 29.8 Å². The Morgan fingerprint density at radius 3 is 2.74 bits per heavy atom. The van der Waals surface area contributed by atoms with Crippen molar-refractivity contribution < 1.29 is 9.90 Å². The third-order valence-corrected chi connectivity index (χ3v) is 3.97. The number of carbonyl (C=O) groups is 1. The van der Waals surface area contributed by atoms with Crippen molar-refractivity contribution in [3.63, 3.8) is 0 Å². The first-order valence-corrected chi connectivity index (χ1v) is 7.10. The average molecular weight is 276 g/mol. The fraction of sp³-hybridized carbons (Fsp3) is 0.286. The van der Waals surface area contributed by atoms with Gasteiger partial charge in [0.2, 0.25) is 0 Å². The number of benzene rings is 1. The molecule has 1 unspecified atom stereocenters. The molecule has 1 heterocycles. The van der Waals surface area contributed by atoms with Crippen LogP contribution in [0.5, 0.6) is 0 Å². The fourth-order valence-electron chi connectivity index (χ4n) is 1.72. The average Bonchev–Trinajstić information content (AvgIpc) is 2.90. The van der Waals surface area contributed by atoms with Crippen molar-refractivity contribution >= 4 is 17.7 Å². The molecule has 0 aliphatic heterocycles. The zero-order chi connectivity index (χ0) is 13.7. The second-order valence-electron chi connectivity index (χ2n) is 4.36. The number of hydrogen-bond acceptors (Lipinski definition) is 3. The maximum atomic E-state index is 10.6. The molecule has 0 saturated carbocycles. The van der Waals surface area contributed by atoms with Gasteiger partial charge in [-0.3, -0.25) is 4.79 Å². The molecule has 0 aliphatic rings. The monoisotopic (exact) mass is 276 g/mol. The van der Waals surface area contributed by atoms with Gasteiger partial charge in [-0.15, -0.1) is 0 Å². The molecule has 1 N–H and O–H groups in total. The van der Waals surface area contributed by atoms with Crippen LogP contribution >= 0.6 is 11.8 Å². The van der Waals surface area contributed by atoms with Gasteiger partial charge < -0.3 is 9.67 Å². The number of hydrogen-bond donors (Lipinski definition) is 1. The van der Waals surface area contributed by atoms with E-state index in [4.69, 9.17) is 5.11 Å². The summed E-state index contributed by atoms with van der Waals surface area (Å²) in [4.78, 5) is 14.6. The Bertz CT molecular complexity index is 523. The standard InChI is InChI=1S/C14H16N2O2S/c1-11(8-14(17)18)19-9-12-2-4-13(5-3-12)16-7-6-15-10-16/h2-7,10-11H,8-9H2,1H3,(H,17,18). The summed E-state index contributed by atoms with van der Waals surface area (Å²) in [6, 6.07) is 8.21. The Hall–Kier alpha value is -1.75. The Labute approximate surface area is 116 Å². The van der Waals surface area contributed by atoms with Crippen molar-refractivity contribution in [2.75, 3.05) is 0 Å². The van der Waals surface area contributed by atoms with E-state index >= 15 is 0 Å². The van der Waals surface area contributed by atoms with Crippen LogP contribution in [0.25, 0.3) is 5.69 Å². The molecule has 0 spiro atoms. The predicted octanol–water partition coefficient (Wildman–Crippen LogP) is 2.97. The predicted molar refractivity (Wildman–Crippen MR) is 76.6 cm³/mol. The molecule has 2 rings (SSSR count). The van der Waals surface area contributed by atoms with Gasteiger partial charge in [-0.05, 0) is 17.7 Å². The highest BCUT2D eigenvalue weighted by Crippen LogP contribution is 2.20. The first kappa shape index (κ1) is 13.7. The molecule has 1 aromatic heterocycles. The zero-order valence-corrected chi connectivity index (χ0v) is 11.5. The molecule has 1 aromatic carbocycles. The lowest BCUT2D eigenvalue weighted by atomic mass is 10.2. The lowest BCUT2D eigenvalue weighted by molar-refractivity contribution is -0.136. The van der Waals surface area contributed by atoms with E-state index in [9.17, 15) is 4.79 Å². The van der Waals surface area contributed by atoms with Gasteiger partial charge in [0.25, 0.3) is 0 Å². The molecule has 0 saturated heterocycles. The molecule has 4 nitrogen and oxygen atoms in total. The number of thioether (sulfide) groups is 1. The number of carboxylic acid groups (broad SMARTS) is 1. The van der Waals surface area contributed by atoms with Crippen molar-refractivity contribution in [3.8, 4) is 5.69 Å². The quantitative estimate of drug-likeness (QED) is 0.881. The molecule has 2 aromatic rings. The van der Waals surface area contributed by atoms with Crippen LogP contribution < -0.4 is 0 Å². The third-order valence-electron chi connectivity index (χ3n) is 2.74. The largest absolute Gasteiger partial charge is 0.481 e. The van der Waals surface area contributed by atoms with Gasteiger partial charge >= 0.3 is 5.97 Å². The maximum Gasteiger partial charge on any atom is 0.304 e. The van der Waals surface area contributed by atoms with E-state index < -0.39 is 5.97 Å². The normalized spacial score (nSPS) is 12.3. The van der Waals surface area contributed by atoms with E-state index in [2.05, 4.69) is 17.1 Å². The fourth-order valence-corrected chi connectivity index (χ4v) is 2.65. The molecule has 0 fully saturated rings. The number of nitrogens with zero attached hydrogens (tertiary/aromatic N) is 2. The van der Waals surface area contributed by atoms with Crippen LogP contribution in [0.1, 0.15) is 18.9 Å². The van der Waals surface area contributed by atoms with Crippen LogP contribution in [0, 0.1) is 0 Å². The van der Waals surface area contributed by atoms with Crippen molar-refractivity contribution in [1.82, 2.24) is 9.55 Å². The third kappa shape index (κ3) is 4.13. The summed E-state index contributed by atoms with van der Waals surface area (Å²) >= 11 is 1.66. The summed E-state index contributed by atoms with van der Waals surface area (Å²) in [6.07, 6.45) is 5.62. The maximum absolute atomic E-state index is 10.6. The Kier molecular flexibility index (Phi) is 4.63. The molecule has 0 amide bonds. The number of rotatable bonds is 6. The van der Waals surface area contributed by atoms with Gasteiger partial charge in [-0.2, -0.15) is 11.8 Å². The van der Waals surface area contributed by atoms with Gasteiger partial charge in [0.15, 0.2) is 0 Å². The second kappa shape index (κ2) is 6.43. The first-order valence-electron chi connectivity index (χ1n) is 6.06. The van der Waals surface area contributed by atoms with Gasteiger partial charge in [0.1, 0.15) is 0 Å². The molecule has 5 heteroatoms. The molecule has 19 heavy (non-hydrogen) atoms. The molecule has 100 valence electrons. The van der Waals surface area contributed by atoms with Crippen LogP contribution in [-0.4, -0.2) is 25.9 Å². The van der Waals surface area contributed by atoms with Crippen LogP contribution in [0.2, 0.25) is 0 Å². The Balaban J connectivity index is 1.90. The summed E-state index contributed by atoms with van der Waals surface area (Å²) in [5.74, 6) is 0.0917. The number of aromatic nitrogens is 2. The van der Waals surface area contributed by atoms with Gasteiger partial charge in [0, 0.05) is 29.1 Å². The molecular formula is C14H16N2O2S. The number of aliphatic carboxylic acids is 1. The highest BCUT2D eigenvalue weighted by Gasteiger charge is 2.08. The Morgan fingerprint density at radius 2 is 2.16 bits per heavy atom. The zero-order valence-electron chi connectivity index (χ0n) is 10.7. The van der Waals surface area contributed by atoms with Crippen LogP contribution in [0.15, 0.2) is 43.0 Å². The molecule has 1 atom stereocenters. The number of imidazole rings is 1. The summed E-state index contributed by atoms with van der Waals surface area (Å²) in [7, 11) is 0. The lowest BCUT2D eigenvalue weighted by Crippen LogP contribution is -2.05. The molecular weight excluding hydrogens is 260 g/mol. The van der Waals surface area contributed by atoms with E-state index in [-0.39, 0.29) is 11.7 Å². The van der Waals surface area contributed by atoms with Crippen molar-refractivity contribution in [2.45, 2.75) is 24.3 Å². The van der Waals surface area contributed by atoms with Crippen molar-refractivity contribution in [3.05, 3.63) is 48.5 Å². The molecule has 0 bridgehead atoms. The lowest BCUT2D eigenvalue weighted by Gasteiger charge is -2.09. The molecule has 0 aliphatic carbocycles. The van der Waals surface area contributed by atoms with Gasteiger partial charge in [-0.25, -0.2) is 4.98 Å². The first-order chi connectivity index (χ1) is 9.15. The van der Waals surface area contributed by atoms with Crippen molar-refractivity contribution in [2.24, 2.45) is 0 Å². The topological polar surface area (TPSA) is 55.1 Å². The van der Waals surface area contributed by atoms with E-state index in [0.29, 0.717) is 0 Å². The highest BCUT2D eigenvalue weighted by atomic mass is 32.2. The van der Waals surface area contributed by atoms with Crippen molar-refractivity contribution in [1.29, 1.82) is 0 Å². The van der Waals surface area contributed by atoms with E-state index in [0.717, 1.165) is 11.4 Å². The van der Waals surface area contributed by atoms with Crippen LogP contribution in [0.3, 0.4) is 0 Å². The minimum absolute atomic E-state index is 0.130. The summed E-state index contributed by atoms with van der Waals surface area (Å²) in [5, 5.41) is 8.83. The molecule has 0 radical (unpaired) electrons. The smallest absolute Gasteiger partial charge is 0.304 e. The number of carboxylic acids is 1. The van der Waals surface area contributed by atoms with E-state index in [1.54, 1.807) is 24.3 Å². The highest BCUT2D eigenvalue weighted by molar-refractivity contribution is 7.99. The minimum Gasteiger partial charge on any atom is -0.481 e. The van der Waals surface area contributed by atoms with Crippen LogP contribution in [0.4, 0.5) is 0 Å². The minimum atomic E-state index is -0.740. The van der Waals surface area contributed by atoms with E-state index in [1.165, 1.54) is 5.56 Å². The Morgan fingerprint density at radius 1 is 1.42 bits per heavy atom. The summed E-state index contributed by atoms with van der Waals surface area (Å²) in [5.41, 5.74) is 2.27. The summed E-state index contributed by atoms with van der Waals surface area (Å²) in [6.45, 7) is 1.94.